The second-order valence-corrected chi connectivity index (χ2v) is 4.97. The molecule has 1 unspecified atom stereocenters. The highest BCUT2D eigenvalue weighted by Crippen LogP contribution is 2.25. The second kappa shape index (κ2) is 8.24. The number of carboxylic acid groups (broad SMARTS) is 1. The predicted octanol–water partition coefficient (Wildman–Crippen LogP) is 3.89. The van der Waals surface area contributed by atoms with Gasteiger partial charge in [-0.05, 0) is 24.5 Å². The molecule has 6 nitrogen and oxygen atoms in total. The standard InChI is InChI=1S/C15H21NO5/c1-3-5-6-11(4-2)10-21-12-7-8-13(15(17)18)14(9-12)16(19)20/h7-9,11H,3-6,10H2,1-2H3,(H,17,18). The van der Waals surface area contributed by atoms with Crippen LogP contribution in [0.15, 0.2) is 18.2 Å². The van der Waals surface area contributed by atoms with Crippen molar-refractivity contribution < 1.29 is 19.6 Å². The fourth-order valence-electron chi connectivity index (χ4n) is 2.05. The number of nitrogens with zero attached hydrogens (tertiary/aromatic N) is 1. The molecule has 0 aromatic heterocycles. The minimum atomic E-state index is -1.32. The normalized spacial score (nSPS) is 11.9. The molecule has 0 heterocycles. The van der Waals surface area contributed by atoms with Gasteiger partial charge in [-0.2, -0.15) is 0 Å². The number of aromatic carboxylic acids is 1. The lowest BCUT2D eigenvalue weighted by atomic mass is 10.0. The van der Waals surface area contributed by atoms with Gasteiger partial charge in [0, 0.05) is 0 Å². The van der Waals surface area contributed by atoms with Crippen molar-refractivity contribution in [2.24, 2.45) is 5.92 Å². The summed E-state index contributed by atoms with van der Waals surface area (Å²) in [7, 11) is 0. The summed E-state index contributed by atoms with van der Waals surface area (Å²) in [6.45, 7) is 4.70. The molecule has 0 aliphatic rings. The first kappa shape index (κ1) is 16.9. The topological polar surface area (TPSA) is 89.7 Å². The van der Waals surface area contributed by atoms with E-state index in [-0.39, 0.29) is 5.56 Å². The zero-order valence-corrected chi connectivity index (χ0v) is 12.4. The van der Waals surface area contributed by atoms with Crippen molar-refractivity contribution in [1.82, 2.24) is 0 Å². The van der Waals surface area contributed by atoms with E-state index in [1.54, 1.807) is 0 Å². The average molecular weight is 295 g/mol. The monoisotopic (exact) mass is 295 g/mol. The van der Waals surface area contributed by atoms with Crippen LogP contribution in [0.1, 0.15) is 49.9 Å². The number of ether oxygens (including phenoxy) is 1. The van der Waals surface area contributed by atoms with Crippen LogP contribution in [-0.2, 0) is 0 Å². The van der Waals surface area contributed by atoms with Gasteiger partial charge in [-0.3, -0.25) is 10.1 Å². The molecule has 6 heteroatoms. The predicted molar refractivity (Wildman–Crippen MR) is 78.9 cm³/mol. The molecular weight excluding hydrogens is 274 g/mol. The van der Waals surface area contributed by atoms with Crippen LogP contribution in [0.5, 0.6) is 5.75 Å². The molecule has 0 aliphatic carbocycles. The second-order valence-electron chi connectivity index (χ2n) is 4.97. The van der Waals surface area contributed by atoms with E-state index in [0.29, 0.717) is 18.3 Å². The molecule has 0 saturated heterocycles. The smallest absolute Gasteiger partial charge is 0.342 e. The van der Waals surface area contributed by atoms with Crippen LogP contribution in [0, 0.1) is 16.0 Å². The summed E-state index contributed by atoms with van der Waals surface area (Å²) in [4.78, 5) is 21.1. The summed E-state index contributed by atoms with van der Waals surface area (Å²) in [5, 5.41) is 19.8. The number of benzene rings is 1. The third-order valence-corrected chi connectivity index (χ3v) is 3.43. The number of nitro benzene ring substituents is 1. The van der Waals surface area contributed by atoms with Crippen LogP contribution in [0.3, 0.4) is 0 Å². The van der Waals surface area contributed by atoms with Crippen LogP contribution >= 0.6 is 0 Å². The summed E-state index contributed by atoms with van der Waals surface area (Å²) >= 11 is 0. The summed E-state index contributed by atoms with van der Waals surface area (Å²) < 4.78 is 5.58. The van der Waals surface area contributed by atoms with E-state index in [9.17, 15) is 14.9 Å². The Balaban J connectivity index is 2.78. The fraction of sp³-hybridized carbons (Fsp3) is 0.533. The number of hydrogen-bond acceptors (Lipinski definition) is 4. The minimum absolute atomic E-state index is 0.328. The van der Waals surface area contributed by atoms with Crippen LogP contribution < -0.4 is 4.74 Å². The number of rotatable bonds is 9. The van der Waals surface area contributed by atoms with Crippen molar-refractivity contribution in [3.05, 3.63) is 33.9 Å². The molecule has 0 fully saturated rings. The lowest BCUT2D eigenvalue weighted by Gasteiger charge is -2.15. The van der Waals surface area contributed by atoms with Crippen molar-refractivity contribution in [2.75, 3.05) is 6.61 Å². The van der Waals surface area contributed by atoms with Gasteiger partial charge in [-0.15, -0.1) is 0 Å². The van der Waals surface area contributed by atoms with E-state index in [0.717, 1.165) is 25.7 Å². The molecule has 1 aromatic rings. The van der Waals surface area contributed by atoms with Crippen molar-refractivity contribution in [3.63, 3.8) is 0 Å². The van der Waals surface area contributed by atoms with Gasteiger partial charge in [-0.25, -0.2) is 4.79 Å². The Bertz CT molecular complexity index is 501. The summed E-state index contributed by atoms with van der Waals surface area (Å²) in [5.74, 6) is -0.576. The molecule has 0 amide bonds. The molecular formula is C15H21NO5. The first-order chi connectivity index (χ1) is 9.99. The lowest BCUT2D eigenvalue weighted by Crippen LogP contribution is -2.11. The third-order valence-electron chi connectivity index (χ3n) is 3.43. The van der Waals surface area contributed by atoms with E-state index < -0.39 is 16.6 Å². The van der Waals surface area contributed by atoms with E-state index in [2.05, 4.69) is 13.8 Å². The average Bonchev–Trinajstić information content (AvgIpc) is 2.47. The lowest BCUT2D eigenvalue weighted by molar-refractivity contribution is -0.385. The molecule has 0 radical (unpaired) electrons. The Kier molecular flexibility index (Phi) is 6.65. The number of hydrogen-bond donors (Lipinski definition) is 1. The molecule has 0 spiro atoms. The Morgan fingerprint density at radius 1 is 1.43 bits per heavy atom. The van der Waals surface area contributed by atoms with Gasteiger partial charge < -0.3 is 9.84 Å². The molecule has 0 aliphatic heterocycles. The molecule has 0 bridgehead atoms. The van der Waals surface area contributed by atoms with E-state index in [1.165, 1.54) is 18.2 Å². The van der Waals surface area contributed by atoms with Gasteiger partial charge in [0.05, 0.1) is 17.6 Å². The number of carbonyl (C=O) groups is 1. The zero-order chi connectivity index (χ0) is 15.8. The summed E-state index contributed by atoms with van der Waals surface area (Å²) in [6, 6.07) is 3.85. The highest BCUT2D eigenvalue weighted by atomic mass is 16.6. The first-order valence-electron chi connectivity index (χ1n) is 7.14. The summed E-state index contributed by atoms with van der Waals surface area (Å²) in [6.07, 6.45) is 4.28. The van der Waals surface area contributed by atoms with Gasteiger partial charge >= 0.3 is 5.97 Å². The number of carboxylic acids is 1. The van der Waals surface area contributed by atoms with Gasteiger partial charge in [0.15, 0.2) is 0 Å². The fourth-order valence-corrected chi connectivity index (χ4v) is 2.05. The highest BCUT2D eigenvalue weighted by molar-refractivity contribution is 5.92. The third kappa shape index (κ3) is 5.06. The zero-order valence-electron chi connectivity index (χ0n) is 12.4. The molecule has 1 aromatic carbocycles. The maximum atomic E-state index is 10.9. The van der Waals surface area contributed by atoms with Crippen LogP contribution in [0.4, 0.5) is 5.69 Å². The van der Waals surface area contributed by atoms with Crippen LogP contribution in [-0.4, -0.2) is 22.6 Å². The maximum Gasteiger partial charge on any atom is 0.342 e. The van der Waals surface area contributed by atoms with Crippen LogP contribution in [0.2, 0.25) is 0 Å². The Morgan fingerprint density at radius 3 is 2.67 bits per heavy atom. The molecule has 0 saturated carbocycles. The van der Waals surface area contributed by atoms with Crippen molar-refractivity contribution in [1.29, 1.82) is 0 Å². The van der Waals surface area contributed by atoms with Gasteiger partial charge in [0.1, 0.15) is 11.3 Å². The largest absolute Gasteiger partial charge is 0.493 e. The minimum Gasteiger partial charge on any atom is -0.493 e. The van der Waals surface area contributed by atoms with Gasteiger partial charge in [-0.1, -0.05) is 33.1 Å². The highest BCUT2D eigenvalue weighted by Gasteiger charge is 2.20. The van der Waals surface area contributed by atoms with E-state index in [4.69, 9.17) is 9.84 Å². The number of nitro groups is 1. The van der Waals surface area contributed by atoms with Crippen LogP contribution in [0.25, 0.3) is 0 Å². The van der Waals surface area contributed by atoms with E-state index in [1.807, 2.05) is 0 Å². The van der Waals surface area contributed by atoms with Gasteiger partial charge in [0.25, 0.3) is 5.69 Å². The van der Waals surface area contributed by atoms with Crippen molar-refractivity contribution in [2.45, 2.75) is 39.5 Å². The molecule has 1 rings (SSSR count). The van der Waals surface area contributed by atoms with Crippen molar-refractivity contribution in [3.8, 4) is 5.75 Å². The quantitative estimate of drug-likeness (QED) is 0.551. The SMILES string of the molecule is CCCCC(CC)COc1ccc(C(=O)O)c([N+](=O)[O-])c1. The first-order valence-corrected chi connectivity index (χ1v) is 7.14. The maximum absolute atomic E-state index is 10.9. The number of unbranched alkanes of at least 4 members (excludes halogenated alkanes) is 1. The molecule has 21 heavy (non-hydrogen) atoms. The molecule has 116 valence electrons. The molecule has 1 N–H and O–H groups in total. The summed E-state index contributed by atoms with van der Waals surface area (Å²) in [5.41, 5.74) is -0.771. The van der Waals surface area contributed by atoms with E-state index >= 15 is 0 Å². The Morgan fingerprint density at radius 2 is 2.14 bits per heavy atom. The van der Waals surface area contributed by atoms with Crippen molar-refractivity contribution >= 4 is 11.7 Å². The molecule has 1 atom stereocenters. The Hall–Kier alpha value is -2.11. The Labute approximate surface area is 123 Å². The van der Waals surface area contributed by atoms with Gasteiger partial charge in [0.2, 0.25) is 0 Å².